The molecule has 1 rings (SSSR count). The molecule has 0 fully saturated rings. The summed E-state index contributed by atoms with van der Waals surface area (Å²) in [5.41, 5.74) is 0.947. The molecule has 0 heterocycles. The zero-order valence-electron chi connectivity index (χ0n) is 23.5. The molecule has 37 heavy (non-hydrogen) atoms. The number of carbonyl (C=O) groups excluding carboxylic acids is 3. The van der Waals surface area contributed by atoms with Crippen molar-refractivity contribution in [1.29, 1.82) is 0 Å². The van der Waals surface area contributed by atoms with Crippen LogP contribution in [0.15, 0.2) is 30.3 Å². The highest BCUT2D eigenvalue weighted by molar-refractivity contribution is 7.98. The fourth-order valence-electron chi connectivity index (χ4n) is 3.75. The maximum absolute atomic E-state index is 13.4. The molecule has 0 aliphatic heterocycles. The van der Waals surface area contributed by atoms with Crippen molar-refractivity contribution in [1.82, 2.24) is 16.0 Å². The smallest absolute Gasteiger partial charge is 0.243 e. The number of carbonyl (C=O) groups is 3. The first-order chi connectivity index (χ1) is 17.4. The number of hydrogen-bond donors (Lipinski definition) is 4. The van der Waals surface area contributed by atoms with Crippen LogP contribution in [0.1, 0.15) is 59.9 Å². The van der Waals surface area contributed by atoms with Gasteiger partial charge in [0, 0.05) is 5.92 Å². The molecule has 1 aromatic carbocycles. The topological polar surface area (TPSA) is 117 Å². The van der Waals surface area contributed by atoms with Gasteiger partial charge in [0.05, 0.1) is 18.7 Å². The third-order valence-electron chi connectivity index (χ3n) is 5.71. The number of ketones is 1. The van der Waals surface area contributed by atoms with Crippen molar-refractivity contribution in [2.75, 3.05) is 18.6 Å². The molecule has 0 aliphatic rings. The lowest BCUT2D eigenvalue weighted by Crippen LogP contribution is -2.57. The number of thioether (sulfide) groups is 1. The first kappa shape index (κ1) is 33.1. The molecule has 0 aromatic heterocycles. The van der Waals surface area contributed by atoms with E-state index in [4.69, 9.17) is 4.74 Å². The van der Waals surface area contributed by atoms with Gasteiger partial charge in [0.15, 0.2) is 5.78 Å². The van der Waals surface area contributed by atoms with Gasteiger partial charge in [-0.05, 0) is 48.7 Å². The summed E-state index contributed by atoms with van der Waals surface area (Å²) in [6.45, 7) is 11.9. The lowest BCUT2D eigenvalue weighted by molar-refractivity contribution is -0.145. The van der Waals surface area contributed by atoms with Gasteiger partial charge in [0.1, 0.15) is 6.04 Å². The van der Waals surface area contributed by atoms with Gasteiger partial charge in [0.2, 0.25) is 18.2 Å². The number of nitrogens with one attached hydrogen (secondary N) is 3. The maximum Gasteiger partial charge on any atom is 0.243 e. The monoisotopic (exact) mass is 537 g/mol. The Morgan fingerprint density at radius 1 is 0.892 bits per heavy atom. The second-order valence-electron chi connectivity index (χ2n) is 10.6. The zero-order valence-corrected chi connectivity index (χ0v) is 24.3. The van der Waals surface area contributed by atoms with E-state index in [9.17, 15) is 19.5 Å². The Bertz CT molecular complexity index is 819. The molecule has 0 aliphatic carbocycles. The molecule has 1 aromatic rings. The van der Waals surface area contributed by atoms with Gasteiger partial charge in [-0.25, -0.2) is 0 Å². The number of aliphatic hydroxyl groups is 1. The fourth-order valence-corrected chi connectivity index (χ4v) is 4.22. The van der Waals surface area contributed by atoms with Gasteiger partial charge in [-0.1, -0.05) is 71.9 Å². The second-order valence-corrected chi connectivity index (χ2v) is 11.6. The van der Waals surface area contributed by atoms with Crippen molar-refractivity contribution in [2.24, 2.45) is 17.8 Å². The predicted octanol–water partition coefficient (Wildman–Crippen LogP) is 3.13. The number of Topliss-reactive ketones (excluding diaryl/α,β-unsaturated/α-hetero) is 1. The predicted molar refractivity (Wildman–Crippen MR) is 150 cm³/mol. The first-order valence-electron chi connectivity index (χ1n) is 13.2. The van der Waals surface area contributed by atoms with E-state index in [1.54, 1.807) is 11.8 Å². The van der Waals surface area contributed by atoms with Crippen LogP contribution in [0, 0.1) is 17.8 Å². The molecular formula is C28H47N3O5S. The number of aliphatic hydroxyl groups excluding tert-OH is 1. The van der Waals surface area contributed by atoms with Crippen LogP contribution in [-0.2, 0) is 25.5 Å². The molecule has 210 valence electrons. The standard InChI is InChI=1S/C28H47N3O5S/c1-18(2)15-24(30-26(33)22(13-14-37-7)31-28(35)36-17-19(3)4)27(34)29-23(25(32)20(5)6)16-21-11-9-8-10-12-21/h8-12,18-20,22-24,28,31,35H,13-17H2,1-7H3,(H,29,34)(H,30,33). The van der Waals surface area contributed by atoms with Gasteiger partial charge in [0.25, 0.3) is 0 Å². The van der Waals surface area contributed by atoms with Crippen molar-refractivity contribution in [3.63, 3.8) is 0 Å². The number of hydrogen-bond acceptors (Lipinski definition) is 7. The van der Waals surface area contributed by atoms with E-state index in [2.05, 4.69) is 16.0 Å². The molecular weight excluding hydrogens is 490 g/mol. The van der Waals surface area contributed by atoms with E-state index in [1.165, 1.54) is 0 Å². The van der Waals surface area contributed by atoms with Gasteiger partial charge in [-0.15, -0.1) is 0 Å². The highest BCUT2D eigenvalue weighted by atomic mass is 32.2. The summed E-state index contributed by atoms with van der Waals surface area (Å²) in [5, 5.41) is 18.8. The molecule has 0 saturated carbocycles. The van der Waals surface area contributed by atoms with Crippen LogP contribution in [0.25, 0.3) is 0 Å². The minimum atomic E-state index is -1.30. The van der Waals surface area contributed by atoms with Gasteiger partial charge >= 0.3 is 0 Å². The maximum atomic E-state index is 13.4. The first-order valence-corrected chi connectivity index (χ1v) is 14.6. The number of amides is 2. The van der Waals surface area contributed by atoms with Crippen molar-refractivity contribution in [2.45, 2.75) is 85.3 Å². The largest absolute Gasteiger partial charge is 0.356 e. The normalized spacial score (nSPS) is 14.9. The lowest BCUT2D eigenvalue weighted by Gasteiger charge is -2.27. The number of rotatable bonds is 18. The molecule has 8 nitrogen and oxygen atoms in total. The van der Waals surface area contributed by atoms with Crippen LogP contribution in [0.2, 0.25) is 0 Å². The minimum Gasteiger partial charge on any atom is -0.356 e. The van der Waals surface area contributed by atoms with E-state index in [-0.39, 0.29) is 23.5 Å². The molecule has 2 amide bonds. The van der Waals surface area contributed by atoms with Crippen LogP contribution in [0.3, 0.4) is 0 Å². The summed E-state index contributed by atoms with van der Waals surface area (Å²) < 4.78 is 5.38. The van der Waals surface area contributed by atoms with E-state index in [1.807, 2.05) is 78.1 Å². The summed E-state index contributed by atoms with van der Waals surface area (Å²) in [6.07, 6.45) is 1.88. The van der Waals surface area contributed by atoms with Crippen molar-refractivity contribution in [3.8, 4) is 0 Å². The Balaban J connectivity index is 3.01. The van der Waals surface area contributed by atoms with Crippen LogP contribution >= 0.6 is 11.8 Å². The van der Waals surface area contributed by atoms with Crippen LogP contribution in [-0.4, -0.2) is 65.9 Å². The van der Waals surface area contributed by atoms with E-state index < -0.39 is 36.4 Å². The third-order valence-corrected chi connectivity index (χ3v) is 6.35. The number of benzene rings is 1. The molecule has 4 unspecified atom stereocenters. The number of ether oxygens (including phenoxy) is 1. The molecule has 0 saturated heterocycles. The van der Waals surface area contributed by atoms with Crippen LogP contribution in [0.4, 0.5) is 0 Å². The van der Waals surface area contributed by atoms with Crippen molar-refractivity contribution in [3.05, 3.63) is 35.9 Å². The van der Waals surface area contributed by atoms with Gasteiger partial charge in [-0.2, -0.15) is 11.8 Å². The average molecular weight is 538 g/mol. The fraction of sp³-hybridized carbons (Fsp3) is 0.679. The summed E-state index contributed by atoms with van der Waals surface area (Å²) in [4.78, 5) is 39.6. The van der Waals surface area contributed by atoms with Crippen LogP contribution < -0.4 is 16.0 Å². The molecule has 0 spiro atoms. The molecule has 0 radical (unpaired) electrons. The Morgan fingerprint density at radius 2 is 1.49 bits per heavy atom. The minimum absolute atomic E-state index is 0.0586. The Kier molecular flexibility index (Phi) is 15.7. The van der Waals surface area contributed by atoms with Crippen molar-refractivity contribution >= 4 is 29.4 Å². The second kappa shape index (κ2) is 17.5. The Hall–Kier alpha value is -1.94. The summed E-state index contributed by atoms with van der Waals surface area (Å²) >= 11 is 1.58. The van der Waals surface area contributed by atoms with Crippen LogP contribution in [0.5, 0.6) is 0 Å². The summed E-state index contributed by atoms with van der Waals surface area (Å²) in [6, 6.07) is 7.30. The van der Waals surface area contributed by atoms with E-state index >= 15 is 0 Å². The van der Waals surface area contributed by atoms with E-state index in [0.29, 0.717) is 31.6 Å². The van der Waals surface area contributed by atoms with Crippen molar-refractivity contribution < 1.29 is 24.2 Å². The molecule has 4 N–H and O–H groups in total. The highest BCUT2D eigenvalue weighted by Gasteiger charge is 2.31. The summed E-state index contributed by atoms with van der Waals surface area (Å²) in [7, 11) is 0. The molecule has 4 atom stereocenters. The average Bonchev–Trinajstić information content (AvgIpc) is 2.84. The molecule has 9 heteroatoms. The van der Waals surface area contributed by atoms with Gasteiger partial charge in [-0.3, -0.25) is 19.7 Å². The SMILES string of the molecule is CSCCC(NC(O)OCC(C)C)C(=O)NC(CC(C)C)C(=O)NC(Cc1ccccc1)C(=O)C(C)C. The molecule has 0 bridgehead atoms. The highest BCUT2D eigenvalue weighted by Crippen LogP contribution is 2.12. The van der Waals surface area contributed by atoms with E-state index in [0.717, 1.165) is 5.56 Å². The summed E-state index contributed by atoms with van der Waals surface area (Å²) in [5.74, 6) is -0.0516. The zero-order chi connectivity index (χ0) is 28.0. The van der Waals surface area contributed by atoms with Gasteiger partial charge < -0.3 is 20.5 Å². The quantitative estimate of drug-likeness (QED) is 0.213. The lowest BCUT2D eigenvalue weighted by atomic mass is 9.94. The Morgan fingerprint density at radius 3 is 2.03 bits per heavy atom. The Labute approximate surface area is 227 Å². The third kappa shape index (κ3) is 13.4.